The molecule has 2 aromatic rings. The van der Waals surface area contributed by atoms with Gasteiger partial charge in [-0.05, 0) is 30.0 Å². The van der Waals surface area contributed by atoms with Crippen molar-refractivity contribution in [2.24, 2.45) is 11.1 Å². The number of hydrogen-bond donors (Lipinski definition) is 1. The molecular weight excluding hydrogens is 217 g/mol. The van der Waals surface area contributed by atoms with Crippen molar-refractivity contribution in [3.05, 3.63) is 35.3 Å². The second-order valence-corrected chi connectivity index (χ2v) is 5.60. The number of rotatable bonds is 1. The molecule has 1 aromatic heterocycles. The number of benzene rings is 1. The van der Waals surface area contributed by atoms with E-state index in [9.17, 15) is 4.39 Å². The molecule has 0 bridgehead atoms. The third-order valence-corrected chi connectivity index (χ3v) is 3.09. The van der Waals surface area contributed by atoms with E-state index in [1.165, 1.54) is 6.07 Å². The molecule has 17 heavy (non-hydrogen) atoms. The van der Waals surface area contributed by atoms with Crippen molar-refractivity contribution in [2.45, 2.75) is 33.7 Å². The van der Waals surface area contributed by atoms with Gasteiger partial charge in [-0.3, -0.25) is 0 Å². The van der Waals surface area contributed by atoms with Crippen LogP contribution in [0.1, 0.15) is 38.1 Å². The summed E-state index contributed by atoms with van der Waals surface area (Å²) in [5.41, 5.74) is 7.53. The van der Waals surface area contributed by atoms with E-state index in [0.717, 1.165) is 5.56 Å². The van der Waals surface area contributed by atoms with Gasteiger partial charge in [0, 0.05) is 0 Å². The lowest BCUT2D eigenvalue weighted by atomic mass is 9.86. The van der Waals surface area contributed by atoms with Crippen molar-refractivity contribution < 1.29 is 8.81 Å². The van der Waals surface area contributed by atoms with E-state index in [0.29, 0.717) is 16.7 Å². The largest absolute Gasteiger partial charge is 0.459 e. The SMILES string of the molecule is Cc1ccc(F)c2cc(C(N)C(C)(C)C)oc12. The molecule has 0 fully saturated rings. The van der Waals surface area contributed by atoms with Crippen LogP contribution in [0.2, 0.25) is 0 Å². The van der Waals surface area contributed by atoms with Gasteiger partial charge < -0.3 is 10.2 Å². The van der Waals surface area contributed by atoms with Crippen molar-refractivity contribution in [2.75, 3.05) is 0 Å². The summed E-state index contributed by atoms with van der Waals surface area (Å²) < 4.78 is 19.3. The molecule has 0 amide bonds. The number of fused-ring (bicyclic) bond motifs is 1. The predicted molar refractivity (Wildman–Crippen MR) is 67.3 cm³/mol. The Kier molecular flexibility index (Phi) is 2.74. The Morgan fingerprint density at radius 3 is 2.47 bits per heavy atom. The molecule has 1 heterocycles. The zero-order valence-electron chi connectivity index (χ0n) is 10.7. The molecule has 0 saturated heterocycles. The van der Waals surface area contributed by atoms with Gasteiger partial charge in [-0.1, -0.05) is 26.8 Å². The maximum absolute atomic E-state index is 13.6. The fourth-order valence-electron chi connectivity index (χ4n) is 1.82. The first-order chi connectivity index (χ1) is 7.80. The van der Waals surface area contributed by atoms with E-state index in [4.69, 9.17) is 10.2 Å². The summed E-state index contributed by atoms with van der Waals surface area (Å²) in [7, 11) is 0. The average molecular weight is 235 g/mol. The number of furan rings is 1. The fourth-order valence-corrected chi connectivity index (χ4v) is 1.82. The Morgan fingerprint density at radius 1 is 1.29 bits per heavy atom. The lowest BCUT2D eigenvalue weighted by molar-refractivity contribution is 0.290. The molecule has 0 aliphatic rings. The van der Waals surface area contributed by atoms with Crippen LogP contribution in [0, 0.1) is 18.2 Å². The molecule has 2 nitrogen and oxygen atoms in total. The summed E-state index contributed by atoms with van der Waals surface area (Å²) in [6, 6.07) is 4.65. The molecule has 2 N–H and O–H groups in total. The first-order valence-corrected chi connectivity index (χ1v) is 5.75. The smallest absolute Gasteiger partial charge is 0.140 e. The van der Waals surface area contributed by atoms with Crippen molar-refractivity contribution in [1.82, 2.24) is 0 Å². The molecule has 2 rings (SSSR count). The highest BCUT2D eigenvalue weighted by molar-refractivity contribution is 5.81. The van der Waals surface area contributed by atoms with Gasteiger partial charge in [0.15, 0.2) is 0 Å². The third-order valence-electron chi connectivity index (χ3n) is 3.09. The van der Waals surface area contributed by atoms with Crippen LogP contribution in [-0.2, 0) is 0 Å². The number of aryl methyl sites for hydroxylation is 1. The Hall–Kier alpha value is -1.35. The molecule has 1 unspecified atom stereocenters. The average Bonchev–Trinajstić information content (AvgIpc) is 2.67. The lowest BCUT2D eigenvalue weighted by Gasteiger charge is -2.24. The summed E-state index contributed by atoms with van der Waals surface area (Å²) >= 11 is 0. The minimum absolute atomic E-state index is 0.113. The summed E-state index contributed by atoms with van der Waals surface area (Å²) in [6.07, 6.45) is 0. The first kappa shape index (κ1) is 12.1. The second-order valence-electron chi connectivity index (χ2n) is 5.60. The molecule has 0 radical (unpaired) electrons. The zero-order chi connectivity index (χ0) is 12.8. The molecule has 0 saturated carbocycles. The number of hydrogen-bond acceptors (Lipinski definition) is 2. The third kappa shape index (κ3) is 2.07. The Morgan fingerprint density at radius 2 is 1.94 bits per heavy atom. The Labute approximate surface area is 101 Å². The van der Waals surface area contributed by atoms with E-state index in [2.05, 4.69) is 0 Å². The summed E-state index contributed by atoms with van der Waals surface area (Å²) in [6.45, 7) is 8.01. The van der Waals surface area contributed by atoms with Gasteiger partial charge in [-0.2, -0.15) is 0 Å². The highest BCUT2D eigenvalue weighted by Crippen LogP contribution is 2.35. The predicted octanol–water partition coefficient (Wildman–Crippen LogP) is 3.93. The van der Waals surface area contributed by atoms with E-state index in [1.54, 1.807) is 12.1 Å². The van der Waals surface area contributed by atoms with E-state index in [-0.39, 0.29) is 17.3 Å². The van der Waals surface area contributed by atoms with E-state index < -0.39 is 0 Å². The Bertz CT molecular complexity index is 512. The second kappa shape index (κ2) is 3.84. The van der Waals surface area contributed by atoms with Gasteiger partial charge in [0.2, 0.25) is 0 Å². The molecule has 0 aliphatic carbocycles. The van der Waals surface area contributed by atoms with Crippen LogP contribution < -0.4 is 5.73 Å². The van der Waals surface area contributed by atoms with Gasteiger partial charge in [0.25, 0.3) is 0 Å². The number of nitrogens with two attached hydrogens (primary N) is 1. The summed E-state index contributed by atoms with van der Waals surface area (Å²) in [5, 5.41) is 0.514. The molecule has 1 atom stereocenters. The van der Waals surface area contributed by atoms with Gasteiger partial charge in [-0.15, -0.1) is 0 Å². The van der Waals surface area contributed by atoms with Gasteiger partial charge in [-0.25, -0.2) is 4.39 Å². The highest BCUT2D eigenvalue weighted by Gasteiger charge is 2.26. The molecule has 92 valence electrons. The van der Waals surface area contributed by atoms with Gasteiger partial charge in [0.1, 0.15) is 17.2 Å². The maximum Gasteiger partial charge on any atom is 0.140 e. The molecule has 1 aromatic carbocycles. The maximum atomic E-state index is 13.6. The van der Waals surface area contributed by atoms with Crippen LogP contribution in [0.25, 0.3) is 11.0 Å². The van der Waals surface area contributed by atoms with Crippen molar-refractivity contribution in [3.8, 4) is 0 Å². The van der Waals surface area contributed by atoms with Crippen molar-refractivity contribution in [3.63, 3.8) is 0 Å². The van der Waals surface area contributed by atoms with Crippen LogP contribution in [0.15, 0.2) is 22.6 Å². The van der Waals surface area contributed by atoms with Crippen LogP contribution in [0.5, 0.6) is 0 Å². The molecule has 0 spiro atoms. The molecular formula is C14H18FNO. The number of halogens is 1. The molecule has 3 heteroatoms. The highest BCUT2D eigenvalue weighted by atomic mass is 19.1. The zero-order valence-corrected chi connectivity index (χ0v) is 10.7. The minimum atomic E-state index is -0.262. The summed E-state index contributed by atoms with van der Waals surface area (Å²) in [5.74, 6) is 0.377. The van der Waals surface area contributed by atoms with Gasteiger partial charge in [0.05, 0.1) is 11.4 Å². The van der Waals surface area contributed by atoms with Crippen molar-refractivity contribution >= 4 is 11.0 Å². The first-order valence-electron chi connectivity index (χ1n) is 5.75. The topological polar surface area (TPSA) is 39.2 Å². The van der Waals surface area contributed by atoms with E-state index in [1.807, 2.05) is 27.7 Å². The normalized spacial score (nSPS) is 14.2. The van der Waals surface area contributed by atoms with Crippen LogP contribution in [-0.4, -0.2) is 0 Å². The van der Waals surface area contributed by atoms with Crippen LogP contribution in [0.3, 0.4) is 0 Å². The molecule has 0 aliphatic heterocycles. The fraction of sp³-hybridized carbons (Fsp3) is 0.429. The van der Waals surface area contributed by atoms with Crippen LogP contribution in [0.4, 0.5) is 4.39 Å². The Balaban J connectivity index is 2.59. The van der Waals surface area contributed by atoms with Gasteiger partial charge >= 0.3 is 0 Å². The van der Waals surface area contributed by atoms with E-state index >= 15 is 0 Å². The standard InChI is InChI=1S/C14H18FNO/c1-8-5-6-10(15)9-7-11(17-12(8)9)13(16)14(2,3)4/h5-7,13H,16H2,1-4H3. The lowest BCUT2D eigenvalue weighted by Crippen LogP contribution is -2.25. The summed E-state index contributed by atoms with van der Waals surface area (Å²) in [4.78, 5) is 0. The van der Waals surface area contributed by atoms with Crippen molar-refractivity contribution in [1.29, 1.82) is 0 Å². The monoisotopic (exact) mass is 235 g/mol. The minimum Gasteiger partial charge on any atom is -0.459 e. The van der Waals surface area contributed by atoms with Crippen LogP contribution >= 0.6 is 0 Å². The quantitative estimate of drug-likeness (QED) is 0.813.